The number of rotatable bonds is 6. The van der Waals surface area contributed by atoms with Crippen molar-refractivity contribution in [3.8, 4) is 0 Å². The molecule has 17 heavy (non-hydrogen) atoms. The first-order valence-electron chi connectivity index (χ1n) is 6.33. The van der Waals surface area contributed by atoms with Gasteiger partial charge in [-0.15, -0.1) is 11.3 Å². The SMILES string of the molecule is CNC(CCCC1CCCO1)c1ccc(Cl)s1. The summed E-state index contributed by atoms with van der Waals surface area (Å²) in [5.41, 5.74) is 0. The second-order valence-corrected chi connectivity index (χ2v) is 6.30. The standard InChI is InChI=1S/C13H20ClNOS/c1-15-11(12-7-8-13(14)17-12)6-2-4-10-5-3-9-16-10/h7-8,10-11,15H,2-6,9H2,1H3. The minimum Gasteiger partial charge on any atom is -0.378 e. The molecule has 96 valence electrons. The maximum absolute atomic E-state index is 5.97. The van der Waals surface area contributed by atoms with Gasteiger partial charge in [-0.25, -0.2) is 0 Å². The van der Waals surface area contributed by atoms with Crippen molar-refractivity contribution in [1.82, 2.24) is 5.32 Å². The molecule has 1 N–H and O–H groups in total. The van der Waals surface area contributed by atoms with Crippen molar-refractivity contribution < 1.29 is 4.74 Å². The molecule has 0 saturated carbocycles. The Morgan fingerprint density at radius 3 is 3.06 bits per heavy atom. The number of nitrogens with one attached hydrogen (secondary N) is 1. The molecule has 0 amide bonds. The third kappa shape index (κ3) is 3.95. The van der Waals surface area contributed by atoms with Gasteiger partial charge in [-0.05, 0) is 51.3 Å². The molecule has 0 aromatic carbocycles. The zero-order valence-electron chi connectivity index (χ0n) is 10.2. The first-order valence-corrected chi connectivity index (χ1v) is 7.53. The number of hydrogen-bond acceptors (Lipinski definition) is 3. The van der Waals surface area contributed by atoms with Crippen molar-refractivity contribution >= 4 is 22.9 Å². The van der Waals surface area contributed by atoms with Gasteiger partial charge in [-0.3, -0.25) is 0 Å². The minimum atomic E-state index is 0.439. The number of halogens is 1. The van der Waals surface area contributed by atoms with Crippen LogP contribution in [0.15, 0.2) is 12.1 Å². The van der Waals surface area contributed by atoms with Gasteiger partial charge in [0.2, 0.25) is 0 Å². The van der Waals surface area contributed by atoms with Crippen LogP contribution in [0, 0.1) is 0 Å². The normalized spacial score (nSPS) is 21.9. The van der Waals surface area contributed by atoms with E-state index in [1.807, 2.05) is 13.1 Å². The summed E-state index contributed by atoms with van der Waals surface area (Å²) in [6.07, 6.45) is 6.56. The maximum atomic E-state index is 5.97. The quantitative estimate of drug-likeness (QED) is 0.846. The molecular weight excluding hydrogens is 254 g/mol. The molecule has 2 unspecified atom stereocenters. The topological polar surface area (TPSA) is 21.3 Å². The molecule has 0 spiro atoms. The van der Waals surface area contributed by atoms with Crippen LogP contribution in [0.25, 0.3) is 0 Å². The van der Waals surface area contributed by atoms with Crippen molar-refractivity contribution in [1.29, 1.82) is 0 Å². The molecule has 0 aliphatic carbocycles. The molecule has 1 aliphatic heterocycles. The van der Waals surface area contributed by atoms with Crippen LogP contribution in [-0.2, 0) is 4.74 Å². The first-order chi connectivity index (χ1) is 8.29. The lowest BCUT2D eigenvalue weighted by Crippen LogP contribution is -2.16. The fraction of sp³-hybridized carbons (Fsp3) is 0.692. The molecule has 1 aromatic heterocycles. The Morgan fingerprint density at radius 1 is 1.59 bits per heavy atom. The van der Waals surface area contributed by atoms with Crippen LogP contribution in [0.2, 0.25) is 4.34 Å². The Labute approximate surface area is 112 Å². The van der Waals surface area contributed by atoms with Crippen LogP contribution in [0.3, 0.4) is 0 Å². The molecule has 1 aromatic rings. The second-order valence-electron chi connectivity index (χ2n) is 4.55. The lowest BCUT2D eigenvalue weighted by molar-refractivity contribution is 0.101. The van der Waals surface area contributed by atoms with Gasteiger partial charge < -0.3 is 10.1 Å². The van der Waals surface area contributed by atoms with Crippen LogP contribution >= 0.6 is 22.9 Å². The van der Waals surface area contributed by atoms with Crippen LogP contribution in [-0.4, -0.2) is 19.8 Å². The molecule has 1 saturated heterocycles. The molecule has 1 fully saturated rings. The highest BCUT2D eigenvalue weighted by atomic mass is 35.5. The molecule has 2 nitrogen and oxygen atoms in total. The second kappa shape index (κ2) is 6.74. The van der Waals surface area contributed by atoms with Crippen LogP contribution in [0.1, 0.15) is 43.0 Å². The Balaban J connectivity index is 1.75. The molecule has 2 atom stereocenters. The Kier molecular flexibility index (Phi) is 5.29. The van der Waals surface area contributed by atoms with Crippen molar-refractivity contribution in [2.45, 2.75) is 44.2 Å². The van der Waals surface area contributed by atoms with E-state index in [0.29, 0.717) is 12.1 Å². The van der Waals surface area contributed by atoms with Gasteiger partial charge in [-0.1, -0.05) is 11.6 Å². The molecule has 2 rings (SSSR count). The highest BCUT2D eigenvalue weighted by Crippen LogP contribution is 2.30. The summed E-state index contributed by atoms with van der Waals surface area (Å²) in [6.45, 7) is 0.959. The first kappa shape index (κ1) is 13.3. The summed E-state index contributed by atoms with van der Waals surface area (Å²) in [4.78, 5) is 1.34. The third-order valence-electron chi connectivity index (χ3n) is 3.33. The predicted octanol–water partition coefficient (Wildman–Crippen LogP) is 4.01. The van der Waals surface area contributed by atoms with E-state index < -0.39 is 0 Å². The van der Waals surface area contributed by atoms with Crippen molar-refractivity contribution in [3.63, 3.8) is 0 Å². The zero-order chi connectivity index (χ0) is 12.1. The van der Waals surface area contributed by atoms with Gasteiger partial charge in [0.1, 0.15) is 0 Å². The predicted molar refractivity (Wildman–Crippen MR) is 74.0 cm³/mol. The van der Waals surface area contributed by atoms with Crippen molar-refractivity contribution in [2.75, 3.05) is 13.7 Å². The molecule has 0 bridgehead atoms. The lowest BCUT2D eigenvalue weighted by Gasteiger charge is -2.15. The molecule has 0 radical (unpaired) electrons. The van der Waals surface area contributed by atoms with Crippen LogP contribution in [0.5, 0.6) is 0 Å². The van der Waals surface area contributed by atoms with E-state index >= 15 is 0 Å². The minimum absolute atomic E-state index is 0.439. The van der Waals surface area contributed by atoms with E-state index in [1.54, 1.807) is 11.3 Å². The highest BCUT2D eigenvalue weighted by molar-refractivity contribution is 7.16. The van der Waals surface area contributed by atoms with Gasteiger partial charge in [0, 0.05) is 17.5 Å². The van der Waals surface area contributed by atoms with Gasteiger partial charge in [0.15, 0.2) is 0 Å². The largest absolute Gasteiger partial charge is 0.378 e. The third-order valence-corrected chi connectivity index (χ3v) is 4.67. The fourth-order valence-electron chi connectivity index (χ4n) is 2.37. The van der Waals surface area contributed by atoms with E-state index in [-0.39, 0.29) is 0 Å². The zero-order valence-corrected chi connectivity index (χ0v) is 11.8. The molecular formula is C13H20ClNOS. The summed E-state index contributed by atoms with van der Waals surface area (Å²) in [6, 6.07) is 4.54. The van der Waals surface area contributed by atoms with Crippen molar-refractivity contribution in [3.05, 3.63) is 21.3 Å². The summed E-state index contributed by atoms with van der Waals surface area (Å²) in [5.74, 6) is 0. The summed E-state index contributed by atoms with van der Waals surface area (Å²) < 4.78 is 6.51. The number of ether oxygens (including phenoxy) is 1. The summed E-state index contributed by atoms with van der Waals surface area (Å²) in [5, 5.41) is 3.37. The lowest BCUT2D eigenvalue weighted by atomic mass is 10.0. The smallest absolute Gasteiger partial charge is 0.0931 e. The monoisotopic (exact) mass is 273 g/mol. The van der Waals surface area contributed by atoms with Gasteiger partial charge in [0.25, 0.3) is 0 Å². The van der Waals surface area contributed by atoms with E-state index in [0.717, 1.165) is 17.4 Å². The average molecular weight is 274 g/mol. The molecule has 2 heterocycles. The number of hydrogen-bond donors (Lipinski definition) is 1. The van der Waals surface area contributed by atoms with Crippen LogP contribution < -0.4 is 5.32 Å². The Hall–Kier alpha value is -0.0900. The summed E-state index contributed by atoms with van der Waals surface area (Å²) >= 11 is 7.64. The molecule has 4 heteroatoms. The Morgan fingerprint density at radius 2 is 2.47 bits per heavy atom. The average Bonchev–Trinajstić information content (AvgIpc) is 2.96. The van der Waals surface area contributed by atoms with Gasteiger partial charge in [-0.2, -0.15) is 0 Å². The highest BCUT2D eigenvalue weighted by Gasteiger charge is 2.17. The van der Waals surface area contributed by atoms with E-state index in [4.69, 9.17) is 16.3 Å². The summed E-state index contributed by atoms with van der Waals surface area (Å²) in [7, 11) is 2.02. The van der Waals surface area contributed by atoms with E-state index in [9.17, 15) is 0 Å². The maximum Gasteiger partial charge on any atom is 0.0931 e. The van der Waals surface area contributed by atoms with Gasteiger partial charge >= 0.3 is 0 Å². The Bertz CT molecular complexity index is 336. The van der Waals surface area contributed by atoms with E-state index in [1.165, 1.54) is 30.6 Å². The van der Waals surface area contributed by atoms with Gasteiger partial charge in [0.05, 0.1) is 10.4 Å². The fourth-order valence-corrected chi connectivity index (χ4v) is 3.57. The van der Waals surface area contributed by atoms with Crippen LogP contribution in [0.4, 0.5) is 0 Å². The van der Waals surface area contributed by atoms with Crippen molar-refractivity contribution in [2.24, 2.45) is 0 Å². The molecule has 1 aliphatic rings. The van der Waals surface area contributed by atoms with E-state index in [2.05, 4.69) is 11.4 Å². The number of thiophene rings is 1.